The van der Waals surface area contributed by atoms with Gasteiger partial charge in [0, 0.05) is 23.2 Å². The molecule has 3 rings (SSSR count). The van der Waals surface area contributed by atoms with Crippen LogP contribution in [0.2, 0.25) is 0 Å². The Kier molecular flexibility index (Phi) is 8.17. The molecule has 0 radical (unpaired) electrons. The molecule has 0 saturated heterocycles. The lowest BCUT2D eigenvalue weighted by Crippen LogP contribution is -2.48. The summed E-state index contributed by atoms with van der Waals surface area (Å²) in [7, 11) is 3.32. The molecule has 3 unspecified atom stereocenters. The lowest BCUT2D eigenvalue weighted by molar-refractivity contribution is -0.00289. The van der Waals surface area contributed by atoms with Crippen LogP contribution in [0.25, 0.3) is 0 Å². The molecule has 0 spiro atoms. The van der Waals surface area contributed by atoms with E-state index in [1.807, 2.05) is 38.6 Å². The van der Waals surface area contributed by atoms with Crippen LogP contribution in [-0.2, 0) is 11.2 Å². The number of pyridine rings is 1. The van der Waals surface area contributed by atoms with E-state index >= 15 is 0 Å². The first-order chi connectivity index (χ1) is 13.9. The molecule has 0 aromatic carbocycles. The molecule has 2 aliphatic rings. The number of hydrogen-bond donors (Lipinski definition) is 3. The van der Waals surface area contributed by atoms with Gasteiger partial charge in [-0.2, -0.15) is 0 Å². The summed E-state index contributed by atoms with van der Waals surface area (Å²) < 4.78 is 14.1. The second-order valence-electron chi connectivity index (χ2n) is 8.36. The first-order valence-corrected chi connectivity index (χ1v) is 13.0. The summed E-state index contributed by atoms with van der Waals surface area (Å²) in [6.45, 7) is 4.37. The Hall–Kier alpha value is -0.910. The minimum Gasteiger partial charge on any atom is -0.376 e. The molecular weight excluding hydrogens is 402 g/mol. The Morgan fingerprint density at radius 2 is 2.00 bits per heavy atom. The van der Waals surface area contributed by atoms with Gasteiger partial charge in [0.2, 0.25) is 0 Å². The number of ether oxygens (including phenoxy) is 1. The summed E-state index contributed by atoms with van der Waals surface area (Å²) in [5.74, 6) is 6.87. The van der Waals surface area contributed by atoms with Gasteiger partial charge >= 0.3 is 0 Å². The average Bonchev–Trinajstić information content (AvgIpc) is 2.71. The summed E-state index contributed by atoms with van der Waals surface area (Å²) in [5, 5.41) is 0. The van der Waals surface area contributed by atoms with Crippen LogP contribution in [0.5, 0.6) is 0 Å². The molecule has 1 N–H and O–H groups in total. The predicted octanol–water partition coefficient (Wildman–Crippen LogP) is 3.44. The van der Waals surface area contributed by atoms with Crippen LogP contribution < -0.4 is 10.3 Å². The van der Waals surface area contributed by atoms with Crippen molar-refractivity contribution in [3.05, 3.63) is 33.7 Å². The van der Waals surface area contributed by atoms with Crippen molar-refractivity contribution < 1.29 is 4.74 Å². The smallest absolute Gasteiger partial charge is 0.254 e. The molecule has 1 saturated carbocycles. The van der Waals surface area contributed by atoms with Gasteiger partial charge in [0.15, 0.2) is 0 Å². The Bertz CT molecular complexity index is 807. The van der Waals surface area contributed by atoms with Crippen molar-refractivity contribution in [2.45, 2.75) is 70.6 Å². The third-order valence-electron chi connectivity index (χ3n) is 6.08. The number of nitrogens with zero attached hydrogens (tertiary/aromatic N) is 2. The van der Waals surface area contributed by atoms with Gasteiger partial charge in [0.05, 0.1) is 18.8 Å². The molecule has 0 bridgehead atoms. The lowest BCUT2D eigenvalue weighted by atomic mass is 9.88. The molecule has 3 atom stereocenters. The Morgan fingerprint density at radius 3 is 2.66 bits per heavy atom. The van der Waals surface area contributed by atoms with Crippen LogP contribution in [0.3, 0.4) is 0 Å². The molecule has 162 valence electrons. The minimum absolute atomic E-state index is 0.00333. The van der Waals surface area contributed by atoms with Crippen molar-refractivity contribution in [3.8, 4) is 11.8 Å². The molecule has 29 heavy (non-hydrogen) atoms. The number of nitrogens with one attached hydrogen (secondary N) is 1. The predicted molar refractivity (Wildman–Crippen MR) is 127 cm³/mol. The number of aryl methyl sites for hydroxylation is 2. The monoisotopic (exact) mass is 437 g/mol. The fourth-order valence-corrected chi connectivity index (χ4v) is 5.63. The highest BCUT2D eigenvalue weighted by Crippen LogP contribution is 2.34. The summed E-state index contributed by atoms with van der Waals surface area (Å²) >= 11 is 4.73. The van der Waals surface area contributed by atoms with Gasteiger partial charge in [-0.3, -0.25) is 13.8 Å². The van der Waals surface area contributed by atoms with E-state index in [0.717, 1.165) is 49.8 Å². The van der Waals surface area contributed by atoms with E-state index in [2.05, 4.69) is 26.9 Å². The van der Waals surface area contributed by atoms with Crippen LogP contribution in [-0.4, -0.2) is 41.7 Å². The first-order valence-electron chi connectivity index (χ1n) is 10.6. The number of rotatable bonds is 6. The zero-order valence-corrected chi connectivity index (χ0v) is 19.8. The third kappa shape index (κ3) is 5.62. The fraction of sp³-hybridized carbons (Fsp3) is 0.682. The minimum atomic E-state index is -0.739. The molecule has 2 heterocycles. The van der Waals surface area contributed by atoms with E-state index in [4.69, 9.17) is 16.4 Å². The second-order valence-corrected chi connectivity index (χ2v) is 11.1. The summed E-state index contributed by atoms with van der Waals surface area (Å²) in [5.41, 5.74) is 2.01. The van der Waals surface area contributed by atoms with E-state index in [1.54, 1.807) is 0 Å². The molecule has 0 amide bonds. The van der Waals surface area contributed by atoms with Crippen LogP contribution in [0.15, 0.2) is 16.9 Å². The third-order valence-corrected chi connectivity index (χ3v) is 8.82. The van der Waals surface area contributed by atoms with Crippen molar-refractivity contribution >= 4 is 22.0 Å². The maximum absolute atomic E-state index is 13.0. The lowest BCUT2D eigenvalue weighted by Gasteiger charge is -2.40. The largest absolute Gasteiger partial charge is 0.376 e. The van der Waals surface area contributed by atoms with Gasteiger partial charge in [0.1, 0.15) is 0 Å². The standard InChI is InChI=1S/C22H35N3O2S2/c1-5-6-17-8-12-19(13-9-17)27-15-21-20(23-29(28)24(3)4)14-11-18-10-7-16(2)22(26)25(18)21/h7,10,17,19-21,23,28-29H,8-9,11-15H2,1-4H3. The topological polar surface area (TPSA) is 46.5 Å². The summed E-state index contributed by atoms with van der Waals surface area (Å²) in [6, 6.07) is 4.22. The van der Waals surface area contributed by atoms with Gasteiger partial charge in [-0.25, -0.2) is 0 Å². The van der Waals surface area contributed by atoms with Crippen molar-refractivity contribution in [3.63, 3.8) is 0 Å². The van der Waals surface area contributed by atoms with Gasteiger partial charge < -0.3 is 9.30 Å². The van der Waals surface area contributed by atoms with Crippen molar-refractivity contribution in [1.82, 2.24) is 13.6 Å². The highest BCUT2D eigenvalue weighted by atomic mass is 33.1. The molecule has 1 aromatic heterocycles. The second kappa shape index (κ2) is 10.4. The zero-order chi connectivity index (χ0) is 21.0. The van der Waals surface area contributed by atoms with E-state index < -0.39 is 10.3 Å². The SMILES string of the molecule is CC#CC1CCC(OCC2C(N[SH](S)N(C)C)CCc3ccc(C)c(=O)n32)CC1. The van der Waals surface area contributed by atoms with Crippen molar-refractivity contribution in [2.24, 2.45) is 5.92 Å². The van der Waals surface area contributed by atoms with Crippen LogP contribution in [0.1, 0.15) is 56.3 Å². The number of hydrogen-bond acceptors (Lipinski definition) is 5. The zero-order valence-electron chi connectivity index (χ0n) is 18.0. The van der Waals surface area contributed by atoms with Gasteiger partial charge in [-0.15, -0.1) is 23.5 Å². The van der Waals surface area contributed by atoms with E-state index in [0.29, 0.717) is 12.5 Å². The normalized spacial score (nSPS) is 28.4. The molecular formula is C22H35N3O2S2. The molecule has 1 aromatic rings. The van der Waals surface area contributed by atoms with E-state index in [-0.39, 0.29) is 23.7 Å². The highest BCUT2D eigenvalue weighted by Gasteiger charge is 2.32. The maximum Gasteiger partial charge on any atom is 0.254 e. The Balaban J connectivity index is 1.75. The van der Waals surface area contributed by atoms with E-state index in [1.165, 1.54) is 0 Å². The Morgan fingerprint density at radius 1 is 1.28 bits per heavy atom. The first kappa shape index (κ1) is 22.8. The highest BCUT2D eigenvalue weighted by molar-refractivity contribution is 8.76. The van der Waals surface area contributed by atoms with Crippen LogP contribution >= 0.6 is 22.0 Å². The molecule has 1 fully saturated rings. The molecule has 1 aliphatic carbocycles. The number of aromatic nitrogens is 1. The fourth-order valence-electron chi connectivity index (χ4n) is 4.35. The quantitative estimate of drug-likeness (QED) is 0.362. The van der Waals surface area contributed by atoms with Crippen molar-refractivity contribution in [2.75, 3.05) is 20.7 Å². The average molecular weight is 438 g/mol. The molecule has 1 aliphatic heterocycles. The maximum atomic E-state index is 13.0. The summed E-state index contributed by atoms with van der Waals surface area (Å²) in [6.07, 6.45) is 6.47. The van der Waals surface area contributed by atoms with Gasteiger partial charge in [-0.05, 0) is 72.5 Å². The van der Waals surface area contributed by atoms with E-state index in [9.17, 15) is 4.79 Å². The van der Waals surface area contributed by atoms with Crippen LogP contribution in [0.4, 0.5) is 0 Å². The van der Waals surface area contributed by atoms with Crippen LogP contribution in [0, 0.1) is 24.7 Å². The summed E-state index contributed by atoms with van der Waals surface area (Å²) in [4.78, 5) is 13.0. The van der Waals surface area contributed by atoms with Crippen molar-refractivity contribution in [1.29, 1.82) is 0 Å². The number of thiol groups is 2. The molecule has 7 heteroatoms. The molecule has 5 nitrogen and oxygen atoms in total. The Labute approximate surface area is 183 Å². The number of fused-ring (bicyclic) bond motifs is 1. The van der Waals surface area contributed by atoms with Gasteiger partial charge in [0.25, 0.3) is 5.56 Å². The van der Waals surface area contributed by atoms with Gasteiger partial charge in [-0.1, -0.05) is 16.4 Å².